The maximum atomic E-state index is 12.2. The highest BCUT2D eigenvalue weighted by atomic mass is 16.4. The summed E-state index contributed by atoms with van der Waals surface area (Å²) in [4.78, 5) is 23.3. The molecular weight excluding hydrogens is 320 g/mol. The molecule has 0 aliphatic heterocycles. The fourth-order valence-corrected chi connectivity index (χ4v) is 2.61. The summed E-state index contributed by atoms with van der Waals surface area (Å²) in [6, 6.07) is 12.9. The van der Waals surface area contributed by atoms with E-state index in [0.29, 0.717) is 0 Å². The van der Waals surface area contributed by atoms with E-state index in [2.05, 4.69) is 10.4 Å². The standard InChI is InChI=1S/C18H18N4O3/c1-13(14-5-4-6-15(11-14)21-9-2-3-10-21)20-17(23)12-22-16(18(24)25)7-8-19-22/h2-11,13H,12H2,1H3,(H,20,23)(H,24,25). The summed E-state index contributed by atoms with van der Waals surface area (Å²) in [5.41, 5.74) is 1.94. The molecular formula is C18H18N4O3. The van der Waals surface area contributed by atoms with E-state index in [1.54, 1.807) is 0 Å². The van der Waals surface area contributed by atoms with E-state index in [4.69, 9.17) is 5.11 Å². The summed E-state index contributed by atoms with van der Waals surface area (Å²) in [5.74, 6) is -1.41. The normalized spacial score (nSPS) is 11.9. The minimum absolute atomic E-state index is 0.0163. The number of carboxylic acid groups (broad SMARTS) is 1. The first-order valence-corrected chi connectivity index (χ1v) is 7.82. The molecule has 1 amide bonds. The number of nitrogens with one attached hydrogen (secondary N) is 1. The molecule has 3 rings (SSSR count). The number of benzene rings is 1. The Kier molecular flexibility index (Phi) is 4.65. The number of aromatic nitrogens is 3. The van der Waals surface area contributed by atoms with Gasteiger partial charge in [0.15, 0.2) is 0 Å². The Morgan fingerprint density at radius 2 is 1.96 bits per heavy atom. The van der Waals surface area contributed by atoms with Crippen molar-refractivity contribution in [2.24, 2.45) is 0 Å². The summed E-state index contributed by atoms with van der Waals surface area (Å²) in [6.45, 7) is 1.74. The Morgan fingerprint density at radius 3 is 2.68 bits per heavy atom. The van der Waals surface area contributed by atoms with Crippen LogP contribution in [0, 0.1) is 0 Å². The van der Waals surface area contributed by atoms with Crippen LogP contribution in [0.3, 0.4) is 0 Å². The van der Waals surface area contributed by atoms with Crippen LogP contribution in [-0.4, -0.2) is 31.3 Å². The third-order valence-electron chi connectivity index (χ3n) is 3.88. The van der Waals surface area contributed by atoms with Crippen molar-refractivity contribution in [2.45, 2.75) is 19.5 Å². The van der Waals surface area contributed by atoms with Crippen LogP contribution in [0.25, 0.3) is 5.69 Å². The molecule has 3 aromatic rings. The minimum Gasteiger partial charge on any atom is -0.477 e. The zero-order valence-corrected chi connectivity index (χ0v) is 13.7. The summed E-state index contributed by atoms with van der Waals surface area (Å²) in [6.07, 6.45) is 5.27. The lowest BCUT2D eigenvalue weighted by atomic mass is 10.1. The molecule has 2 N–H and O–H groups in total. The Balaban J connectivity index is 1.68. The number of hydrogen-bond donors (Lipinski definition) is 2. The summed E-state index contributed by atoms with van der Waals surface area (Å²) in [7, 11) is 0. The SMILES string of the molecule is CC(NC(=O)Cn1nccc1C(=O)O)c1cccc(-n2cccc2)c1. The zero-order chi connectivity index (χ0) is 17.8. The smallest absolute Gasteiger partial charge is 0.354 e. The van der Waals surface area contributed by atoms with Gasteiger partial charge in [0, 0.05) is 24.3 Å². The maximum absolute atomic E-state index is 12.2. The number of carbonyl (C=O) groups is 2. The van der Waals surface area contributed by atoms with Gasteiger partial charge in [-0.25, -0.2) is 9.48 Å². The third kappa shape index (κ3) is 3.77. The molecule has 0 aliphatic rings. The molecule has 0 saturated heterocycles. The van der Waals surface area contributed by atoms with E-state index < -0.39 is 5.97 Å². The van der Waals surface area contributed by atoms with Gasteiger partial charge in [0.2, 0.25) is 5.91 Å². The van der Waals surface area contributed by atoms with Crippen molar-refractivity contribution in [3.63, 3.8) is 0 Å². The van der Waals surface area contributed by atoms with Crippen LogP contribution in [0.1, 0.15) is 29.0 Å². The third-order valence-corrected chi connectivity index (χ3v) is 3.88. The highest BCUT2D eigenvalue weighted by molar-refractivity contribution is 5.86. The molecule has 0 aliphatic carbocycles. The molecule has 2 heterocycles. The molecule has 7 heteroatoms. The summed E-state index contributed by atoms with van der Waals surface area (Å²) in [5, 5.41) is 15.8. The average Bonchev–Trinajstić information content (AvgIpc) is 3.26. The second-order valence-electron chi connectivity index (χ2n) is 5.65. The van der Waals surface area contributed by atoms with Crippen LogP contribution in [0.2, 0.25) is 0 Å². The first-order chi connectivity index (χ1) is 12.0. The Hall–Kier alpha value is -3.35. The zero-order valence-electron chi connectivity index (χ0n) is 13.7. The largest absolute Gasteiger partial charge is 0.477 e. The first kappa shape index (κ1) is 16.5. The molecule has 0 bridgehead atoms. The van der Waals surface area contributed by atoms with Crippen molar-refractivity contribution in [2.75, 3.05) is 0 Å². The lowest BCUT2D eigenvalue weighted by Crippen LogP contribution is -2.31. The molecule has 1 aromatic carbocycles. The van der Waals surface area contributed by atoms with Crippen LogP contribution in [-0.2, 0) is 11.3 Å². The molecule has 0 saturated carbocycles. The lowest BCUT2D eigenvalue weighted by Gasteiger charge is -2.16. The van der Waals surface area contributed by atoms with Crippen LogP contribution < -0.4 is 5.32 Å². The number of rotatable bonds is 6. The Labute approximate surface area is 144 Å². The second-order valence-corrected chi connectivity index (χ2v) is 5.65. The van der Waals surface area contributed by atoms with Crippen molar-refractivity contribution in [3.8, 4) is 5.69 Å². The van der Waals surface area contributed by atoms with Gasteiger partial charge in [0.05, 0.1) is 6.04 Å². The van der Waals surface area contributed by atoms with Crippen molar-refractivity contribution < 1.29 is 14.7 Å². The van der Waals surface area contributed by atoms with Crippen molar-refractivity contribution in [3.05, 3.63) is 72.3 Å². The van der Waals surface area contributed by atoms with E-state index in [1.165, 1.54) is 16.9 Å². The number of carbonyl (C=O) groups excluding carboxylic acids is 1. The van der Waals surface area contributed by atoms with Gasteiger partial charge in [-0.1, -0.05) is 12.1 Å². The van der Waals surface area contributed by atoms with Crippen molar-refractivity contribution >= 4 is 11.9 Å². The van der Waals surface area contributed by atoms with E-state index in [0.717, 1.165) is 11.3 Å². The fourth-order valence-electron chi connectivity index (χ4n) is 2.61. The predicted molar refractivity (Wildman–Crippen MR) is 91.5 cm³/mol. The van der Waals surface area contributed by atoms with E-state index in [1.807, 2.05) is 60.3 Å². The number of nitrogens with zero attached hydrogens (tertiary/aromatic N) is 3. The Morgan fingerprint density at radius 1 is 1.20 bits per heavy atom. The van der Waals surface area contributed by atoms with Crippen LogP contribution in [0.15, 0.2) is 61.1 Å². The van der Waals surface area contributed by atoms with Gasteiger partial charge in [-0.2, -0.15) is 5.10 Å². The van der Waals surface area contributed by atoms with E-state index in [-0.39, 0.29) is 24.2 Å². The quantitative estimate of drug-likeness (QED) is 0.721. The van der Waals surface area contributed by atoms with Crippen LogP contribution in [0.5, 0.6) is 0 Å². The van der Waals surface area contributed by atoms with Crippen LogP contribution in [0.4, 0.5) is 0 Å². The van der Waals surface area contributed by atoms with Gasteiger partial charge in [-0.15, -0.1) is 0 Å². The number of amides is 1. The minimum atomic E-state index is -1.11. The second kappa shape index (κ2) is 7.04. The molecule has 1 atom stereocenters. The molecule has 7 nitrogen and oxygen atoms in total. The topological polar surface area (TPSA) is 89.2 Å². The van der Waals surface area contributed by atoms with Gasteiger partial charge < -0.3 is 15.0 Å². The molecule has 25 heavy (non-hydrogen) atoms. The highest BCUT2D eigenvalue weighted by Gasteiger charge is 2.15. The summed E-state index contributed by atoms with van der Waals surface area (Å²) < 4.78 is 3.15. The van der Waals surface area contributed by atoms with Gasteiger partial charge in [-0.3, -0.25) is 4.79 Å². The number of carboxylic acids is 1. The molecule has 2 aromatic heterocycles. The maximum Gasteiger partial charge on any atom is 0.354 e. The molecule has 1 unspecified atom stereocenters. The monoisotopic (exact) mass is 338 g/mol. The molecule has 0 spiro atoms. The van der Waals surface area contributed by atoms with Gasteiger partial charge >= 0.3 is 5.97 Å². The predicted octanol–water partition coefficient (Wildman–Crippen LogP) is 2.25. The van der Waals surface area contributed by atoms with Gasteiger partial charge in [0.25, 0.3) is 0 Å². The Bertz CT molecular complexity index is 883. The lowest BCUT2D eigenvalue weighted by molar-refractivity contribution is -0.122. The average molecular weight is 338 g/mol. The molecule has 0 fully saturated rings. The van der Waals surface area contributed by atoms with Crippen molar-refractivity contribution in [1.82, 2.24) is 19.7 Å². The molecule has 128 valence electrons. The van der Waals surface area contributed by atoms with Gasteiger partial charge in [0.1, 0.15) is 12.2 Å². The highest BCUT2D eigenvalue weighted by Crippen LogP contribution is 2.17. The van der Waals surface area contributed by atoms with E-state index in [9.17, 15) is 9.59 Å². The summed E-state index contributed by atoms with van der Waals surface area (Å²) >= 11 is 0. The number of aromatic carboxylic acids is 1. The van der Waals surface area contributed by atoms with Crippen molar-refractivity contribution in [1.29, 1.82) is 0 Å². The van der Waals surface area contributed by atoms with Crippen LogP contribution >= 0.6 is 0 Å². The van der Waals surface area contributed by atoms with E-state index >= 15 is 0 Å². The molecule has 0 radical (unpaired) electrons. The fraction of sp³-hybridized carbons (Fsp3) is 0.167. The van der Waals surface area contributed by atoms with Gasteiger partial charge in [-0.05, 0) is 42.8 Å². The number of hydrogen-bond acceptors (Lipinski definition) is 3. The first-order valence-electron chi connectivity index (χ1n) is 7.82.